The lowest BCUT2D eigenvalue weighted by Crippen LogP contribution is -2.20. The minimum absolute atomic E-state index is 0.0423. The molecule has 0 aromatic heterocycles. The first-order valence-electron chi connectivity index (χ1n) is 5.28. The topological polar surface area (TPSA) is 105 Å². The molecule has 0 bridgehead atoms. The molecule has 0 saturated carbocycles. The molecular formula is C11H19N3O2. The molecule has 0 unspecified atom stereocenters. The summed E-state index contributed by atoms with van der Waals surface area (Å²) < 4.78 is 0. The maximum Gasteiger partial charge on any atom is 0.0556 e. The number of anilines is 2. The molecule has 0 saturated heterocycles. The fraction of sp³-hybridized carbons (Fsp3) is 0.455. The first-order valence-corrected chi connectivity index (χ1v) is 5.28. The molecule has 0 fully saturated rings. The Balaban J connectivity index is 2.89. The van der Waals surface area contributed by atoms with Gasteiger partial charge in [-0.1, -0.05) is 0 Å². The highest BCUT2D eigenvalue weighted by Gasteiger charge is 2.09. The molecule has 1 rings (SSSR count). The fourth-order valence-electron chi connectivity index (χ4n) is 1.64. The van der Waals surface area contributed by atoms with Crippen LogP contribution < -0.4 is 16.8 Å². The number of aliphatic hydroxyl groups excluding tert-OH is 2. The molecule has 0 amide bonds. The maximum absolute atomic E-state index is 8.97. The van der Waals surface area contributed by atoms with E-state index < -0.39 is 0 Å². The number of benzene rings is 1. The summed E-state index contributed by atoms with van der Waals surface area (Å²) in [5.41, 5.74) is 14.8. The van der Waals surface area contributed by atoms with E-state index in [9.17, 15) is 0 Å². The van der Waals surface area contributed by atoms with E-state index in [1.54, 1.807) is 12.1 Å². The van der Waals surface area contributed by atoms with Crippen LogP contribution in [0.25, 0.3) is 0 Å². The molecule has 0 radical (unpaired) electrons. The van der Waals surface area contributed by atoms with Gasteiger partial charge in [0.1, 0.15) is 0 Å². The van der Waals surface area contributed by atoms with Crippen molar-refractivity contribution in [2.45, 2.75) is 13.0 Å². The average molecular weight is 225 g/mol. The molecule has 0 heterocycles. The lowest BCUT2D eigenvalue weighted by Gasteiger charge is -2.14. The van der Waals surface area contributed by atoms with Crippen molar-refractivity contribution in [3.05, 3.63) is 23.3 Å². The number of rotatable bonds is 6. The second-order valence-corrected chi connectivity index (χ2v) is 3.58. The quantitative estimate of drug-likeness (QED) is 0.330. The number of hydrogen-bond acceptors (Lipinski definition) is 5. The van der Waals surface area contributed by atoms with Gasteiger partial charge >= 0.3 is 0 Å². The number of aliphatic hydroxyl groups is 2. The summed E-state index contributed by atoms with van der Waals surface area (Å²) in [6.45, 7) is 1.18. The fourth-order valence-corrected chi connectivity index (χ4v) is 1.64. The highest BCUT2D eigenvalue weighted by Crippen LogP contribution is 2.23. The summed E-state index contributed by atoms with van der Waals surface area (Å²) in [7, 11) is 0. The van der Waals surface area contributed by atoms with Crippen molar-refractivity contribution in [2.75, 3.05) is 31.2 Å². The smallest absolute Gasteiger partial charge is 0.0556 e. The molecule has 0 atom stereocenters. The Hall–Kier alpha value is -1.30. The van der Waals surface area contributed by atoms with Gasteiger partial charge in [-0.05, 0) is 29.7 Å². The van der Waals surface area contributed by atoms with E-state index in [1.165, 1.54) is 0 Å². The van der Waals surface area contributed by atoms with Gasteiger partial charge in [0.25, 0.3) is 0 Å². The molecule has 16 heavy (non-hydrogen) atoms. The highest BCUT2D eigenvalue weighted by molar-refractivity contribution is 5.62. The van der Waals surface area contributed by atoms with Crippen LogP contribution in [0.15, 0.2) is 12.1 Å². The van der Waals surface area contributed by atoms with Crippen LogP contribution in [0.4, 0.5) is 11.4 Å². The normalized spacial score (nSPS) is 10.6. The Morgan fingerprint density at radius 3 is 2.19 bits per heavy atom. The van der Waals surface area contributed by atoms with Gasteiger partial charge in [0, 0.05) is 31.1 Å². The van der Waals surface area contributed by atoms with Crippen LogP contribution in [0.1, 0.15) is 11.1 Å². The molecule has 5 nitrogen and oxygen atoms in total. The molecule has 0 spiro atoms. The van der Waals surface area contributed by atoms with E-state index in [2.05, 4.69) is 5.32 Å². The summed E-state index contributed by atoms with van der Waals surface area (Å²) in [6, 6.07) is 3.50. The van der Waals surface area contributed by atoms with Gasteiger partial charge in [-0.2, -0.15) is 0 Å². The van der Waals surface area contributed by atoms with E-state index in [-0.39, 0.29) is 13.2 Å². The van der Waals surface area contributed by atoms with Crippen LogP contribution in [-0.2, 0) is 13.0 Å². The second-order valence-electron chi connectivity index (χ2n) is 3.58. The van der Waals surface area contributed by atoms with Crippen molar-refractivity contribution >= 4 is 11.4 Å². The van der Waals surface area contributed by atoms with Gasteiger partial charge in [-0.25, -0.2) is 0 Å². The molecule has 1 aromatic rings. The zero-order chi connectivity index (χ0) is 12.0. The standard InChI is InChI=1S/C11H19N3O2/c12-10-1-2-11(13)9(7-14-4-6-16)8(10)3-5-15/h1-2,14-16H,3-7,12-13H2. The predicted molar refractivity (Wildman–Crippen MR) is 64.8 cm³/mol. The first-order chi connectivity index (χ1) is 7.70. The Bertz CT molecular complexity index is 342. The van der Waals surface area contributed by atoms with Crippen molar-refractivity contribution in [3.63, 3.8) is 0 Å². The van der Waals surface area contributed by atoms with Gasteiger partial charge in [0.2, 0.25) is 0 Å². The summed E-state index contributed by atoms with van der Waals surface area (Å²) >= 11 is 0. The van der Waals surface area contributed by atoms with E-state index in [4.69, 9.17) is 21.7 Å². The molecule has 90 valence electrons. The van der Waals surface area contributed by atoms with Gasteiger partial charge < -0.3 is 27.0 Å². The number of nitrogens with one attached hydrogen (secondary N) is 1. The first kappa shape index (κ1) is 12.8. The van der Waals surface area contributed by atoms with Crippen LogP contribution in [-0.4, -0.2) is 30.0 Å². The largest absolute Gasteiger partial charge is 0.398 e. The SMILES string of the molecule is Nc1ccc(N)c(CNCCO)c1CCO. The van der Waals surface area contributed by atoms with Crippen molar-refractivity contribution < 1.29 is 10.2 Å². The van der Waals surface area contributed by atoms with Crippen LogP contribution >= 0.6 is 0 Å². The van der Waals surface area contributed by atoms with E-state index >= 15 is 0 Å². The minimum atomic E-state index is 0.0423. The van der Waals surface area contributed by atoms with E-state index in [0.29, 0.717) is 30.9 Å². The number of nitrogens with two attached hydrogens (primary N) is 2. The van der Waals surface area contributed by atoms with Crippen LogP contribution in [0.2, 0.25) is 0 Å². The Morgan fingerprint density at radius 2 is 1.62 bits per heavy atom. The lowest BCUT2D eigenvalue weighted by atomic mass is 10.0. The minimum Gasteiger partial charge on any atom is -0.398 e. The molecule has 1 aromatic carbocycles. The van der Waals surface area contributed by atoms with Crippen LogP contribution in [0, 0.1) is 0 Å². The monoisotopic (exact) mass is 225 g/mol. The van der Waals surface area contributed by atoms with Crippen molar-refractivity contribution in [1.82, 2.24) is 5.32 Å². The third-order valence-electron chi connectivity index (χ3n) is 2.46. The molecular weight excluding hydrogens is 206 g/mol. The predicted octanol–water partition coefficient (Wildman–Crippen LogP) is -0.532. The van der Waals surface area contributed by atoms with E-state index in [1.807, 2.05) is 0 Å². The van der Waals surface area contributed by atoms with Gasteiger partial charge in [-0.3, -0.25) is 0 Å². The number of nitrogen functional groups attached to an aromatic ring is 2. The van der Waals surface area contributed by atoms with Crippen molar-refractivity contribution in [3.8, 4) is 0 Å². The lowest BCUT2D eigenvalue weighted by molar-refractivity contribution is 0.291. The highest BCUT2D eigenvalue weighted by atomic mass is 16.3. The third-order valence-corrected chi connectivity index (χ3v) is 2.46. The molecule has 0 aliphatic carbocycles. The molecule has 0 aliphatic heterocycles. The zero-order valence-corrected chi connectivity index (χ0v) is 9.24. The average Bonchev–Trinajstić information content (AvgIpc) is 2.27. The third kappa shape index (κ3) is 3.10. The van der Waals surface area contributed by atoms with Crippen molar-refractivity contribution in [1.29, 1.82) is 0 Å². The second kappa shape index (κ2) is 6.32. The van der Waals surface area contributed by atoms with Crippen molar-refractivity contribution in [2.24, 2.45) is 0 Å². The van der Waals surface area contributed by atoms with Crippen LogP contribution in [0.5, 0.6) is 0 Å². The zero-order valence-electron chi connectivity index (χ0n) is 9.24. The summed E-state index contributed by atoms with van der Waals surface area (Å²) in [5.74, 6) is 0. The van der Waals surface area contributed by atoms with E-state index in [0.717, 1.165) is 11.1 Å². The van der Waals surface area contributed by atoms with Gasteiger partial charge in [0.15, 0.2) is 0 Å². The summed E-state index contributed by atoms with van der Waals surface area (Å²) in [4.78, 5) is 0. The maximum atomic E-state index is 8.97. The molecule has 0 aliphatic rings. The molecule has 7 N–H and O–H groups in total. The number of hydrogen-bond donors (Lipinski definition) is 5. The van der Waals surface area contributed by atoms with Crippen LogP contribution in [0.3, 0.4) is 0 Å². The van der Waals surface area contributed by atoms with Gasteiger partial charge in [0.05, 0.1) is 6.61 Å². The summed E-state index contributed by atoms with van der Waals surface area (Å²) in [6.07, 6.45) is 0.493. The molecule has 5 heteroatoms. The summed E-state index contributed by atoms with van der Waals surface area (Å²) in [5, 5.41) is 20.7. The van der Waals surface area contributed by atoms with Gasteiger partial charge in [-0.15, -0.1) is 0 Å². The Labute approximate surface area is 95.1 Å². The Kier molecular flexibility index (Phi) is 5.04. The Morgan fingerprint density at radius 1 is 1.00 bits per heavy atom.